The Morgan fingerprint density at radius 1 is 1.24 bits per heavy atom. The van der Waals surface area contributed by atoms with Gasteiger partial charge in [0, 0.05) is 12.1 Å². The fourth-order valence-corrected chi connectivity index (χ4v) is 2.97. The van der Waals surface area contributed by atoms with Crippen molar-refractivity contribution in [3.8, 4) is 5.75 Å². The summed E-state index contributed by atoms with van der Waals surface area (Å²) in [4.78, 5) is 4.65. The maximum atomic E-state index is 6.09. The van der Waals surface area contributed by atoms with Crippen molar-refractivity contribution in [2.75, 3.05) is 7.11 Å². The van der Waals surface area contributed by atoms with Gasteiger partial charge in [-0.1, -0.05) is 26.7 Å². The predicted octanol–water partition coefficient (Wildman–Crippen LogP) is 5.17. The van der Waals surface area contributed by atoms with E-state index >= 15 is 0 Å². The van der Waals surface area contributed by atoms with Gasteiger partial charge in [0.15, 0.2) is 0 Å². The Hall–Kier alpha value is -1.22. The number of nitrogens with zero attached hydrogens (tertiary/aromatic N) is 2. The van der Waals surface area contributed by atoms with Crippen LogP contribution in [-0.2, 0) is 5.88 Å². The van der Waals surface area contributed by atoms with Crippen LogP contribution >= 0.6 is 11.6 Å². The van der Waals surface area contributed by atoms with Crippen molar-refractivity contribution in [2.45, 2.75) is 52.0 Å². The molecule has 0 saturated carbocycles. The SMILES string of the molecule is COc1ccc2nc(CCl)n(C(C)CCCC(C)C)c2c1. The van der Waals surface area contributed by atoms with Crippen LogP contribution in [0.25, 0.3) is 11.0 Å². The van der Waals surface area contributed by atoms with E-state index in [4.69, 9.17) is 16.3 Å². The number of hydrogen-bond donors (Lipinski definition) is 0. The van der Waals surface area contributed by atoms with Crippen molar-refractivity contribution in [1.29, 1.82) is 0 Å². The third kappa shape index (κ3) is 3.70. The molecule has 1 atom stereocenters. The second kappa shape index (κ2) is 7.17. The molecule has 4 heteroatoms. The number of aromatic nitrogens is 2. The van der Waals surface area contributed by atoms with Gasteiger partial charge in [-0.25, -0.2) is 4.98 Å². The summed E-state index contributed by atoms with van der Waals surface area (Å²) in [6.07, 6.45) is 3.63. The van der Waals surface area contributed by atoms with Crippen molar-refractivity contribution in [3.63, 3.8) is 0 Å². The van der Waals surface area contributed by atoms with Crippen molar-refractivity contribution in [2.24, 2.45) is 5.92 Å². The van der Waals surface area contributed by atoms with Gasteiger partial charge in [0.25, 0.3) is 0 Å². The van der Waals surface area contributed by atoms with E-state index in [0.29, 0.717) is 11.9 Å². The van der Waals surface area contributed by atoms with E-state index < -0.39 is 0 Å². The molecule has 2 aromatic rings. The van der Waals surface area contributed by atoms with Crippen LogP contribution in [0.5, 0.6) is 5.75 Å². The van der Waals surface area contributed by atoms with Crippen LogP contribution in [-0.4, -0.2) is 16.7 Å². The minimum Gasteiger partial charge on any atom is -0.497 e. The standard InChI is InChI=1S/C17H25ClN2O/c1-12(2)6-5-7-13(3)20-16-10-14(21-4)8-9-15(16)19-17(20)11-18/h8-10,12-13H,5-7,11H2,1-4H3. The highest BCUT2D eigenvalue weighted by Crippen LogP contribution is 2.28. The first-order chi connectivity index (χ1) is 10.1. The van der Waals surface area contributed by atoms with Crippen molar-refractivity contribution >= 4 is 22.6 Å². The Bertz CT molecular complexity index is 592. The molecular formula is C17H25ClN2O. The van der Waals surface area contributed by atoms with Crippen LogP contribution in [0, 0.1) is 5.92 Å². The molecule has 0 aliphatic rings. The van der Waals surface area contributed by atoms with Crippen LogP contribution in [0.3, 0.4) is 0 Å². The molecular weight excluding hydrogens is 284 g/mol. The molecule has 0 amide bonds. The number of imidazole rings is 1. The molecule has 0 N–H and O–H groups in total. The lowest BCUT2D eigenvalue weighted by Crippen LogP contribution is -2.09. The molecule has 0 fully saturated rings. The number of fused-ring (bicyclic) bond motifs is 1. The zero-order chi connectivity index (χ0) is 15.4. The van der Waals surface area contributed by atoms with Crippen molar-refractivity contribution < 1.29 is 4.74 Å². The number of alkyl halides is 1. The normalized spacial score (nSPS) is 13.0. The number of ether oxygens (including phenoxy) is 1. The summed E-state index contributed by atoms with van der Waals surface area (Å²) in [6, 6.07) is 6.40. The smallest absolute Gasteiger partial charge is 0.125 e. The van der Waals surface area contributed by atoms with Gasteiger partial charge in [-0.3, -0.25) is 0 Å². The lowest BCUT2D eigenvalue weighted by atomic mass is 10.0. The summed E-state index contributed by atoms with van der Waals surface area (Å²) in [5.74, 6) is 2.99. The number of halogens is 1. The van der Waals surface area contributed by atoms with Crippen LogP contribution in [0.1, 0.15) is 51.9 Å². The fourth-order valence-electron chi connectivity index (χ4n) is 2.79. The Kier molecular flexibility index (Phi) is 5.51. The molecule has 0 bridgehead atoms. The predicted molar refractivity (Wildman–Crippen MR) is 89.2 cm³/mol. The fraction of sp³-hybridized carbons (Fsp3) is 0.588. The van der Waals surface area contributed by atoms with Crippen molar-refractivity contribution in [3.05, 3.63) is 24.0 Å². The second-order valence-electron chi connectivity index (χ2n) is 6.06. The summed E-state index contributed by atoms with van der Waals surface area (Å²) < 4.78 is 7.61. The van der Waals surface area contributed by atoms with E-state index in [1.165, 1.54) is 12.8 Å². The molecule has 1 heterocycles. The Balaban J connectivity index is 2.30. The molecule has 3 nitrogen and oxygen atoms in total. The van der Waals surface area contributed by atoms with E-state index in [1.807, 2.05) is 12.1 Å². The van der Waals surface area contributed by atoms with Gasteiger partial charge in [0.1, 0.15) is 11.6 Å². The highest BCUT2D eigenvalue weighted by atomic mass is 35.5. The number of hydrogen-bond acceptors (Lipinski definition) is 2. The highest BCUT2D eigenvalue weighted by Gasteiger charge is 2.16. The molecule has 0 aliphatic carbocycles. The largest absolute Gasteiger partial charge is 0.497 e. The minimum atomic E-state index is 0.398. The average molecular weight is 309 g/mol. The summed E-state index contributed by atoms with van der Waals surface area (Å²) in [7, 11) is 1.69. The first-order valence-electron chi connectivity index (χ1n) is 7.67. The Morgan fingerprint density at radius 2 is 2.00 bits per heavy atom. The molecule has 1 aromatic heterocycles. The Labute approximate surface area is 132 Å². The van der Waals surface area contributed by atoms with Gasteiger partial charge in [-0.05, 0) is 31.4 Å². The molecule has 21 heavy (non-hydrogen) atoms. The molecule has 2 rings (SSSR count). The van der Waals surface area contributed by atoms with E-state index in [1.54, 1.807) is 7.11 Å². The molecule has 116 valence electrons. The van der Waals surface area contributed by atoms with Gasteiger partial charge in [0.2, 0.25) is 0 Å². The summed E-state index contributed by atoms with van der Waals surface area (Å²) in [5.41, 5.74) is 2.10. The zero-order valence-corrected chi connectivity index (χ0v) is 14.2. The van der Waals surface area contributed by atoms with Gasteiger partial charge in [0.05, 0.1) is 24.0 Å². The molecule has 0 radical (unpaired) electrons. The monoisotopic (exact) mass is 308 g/mol. The Morgan fingerprint density at radius 3 is 2.62 bits per heavy atom. The van der Waals surface area contributed by atoms with Crippen molar-refractivity contribution in [1.82, 2.24) is 9.55 Å². The van der Waals surface area contributed by atoms with E-state index in [0.717, 1.165) is 34.9 Å². The van der Waals surface area contributed by atoms with Crippen LogP contribution in [0.15, 0.2) is 18.2 Å². The first-order valence-corrected chi connectivity index (χ1v) is 8.21. The third-order valence-corrected chi connectivity index (χ3v) is 4.17. The van der Waals surface area contributed by atoms with E-state index in [-0.39, 0.29) is 0 Å². The summed E-state index contributed by atoms with van der Waals surface area (Å²) >= 11 is 6.09. The van der Waals surface area contributed by atoms with Gasteiger partial charge in [-0.15, -0.1) is 11.6 Å². The average Bonchev–Trinajstić information content (AvgIpc) is 2.84. The van der Waals surface area contributed by atoms with Crippen LogP contribution in [0.4, 0.5) is 0 Å². The molecule has 0 saturated heterocycles. The number of benzene rings is 1. The minimum absolute atomic E-state index is 0.398. The van der Waals surface area contributed by atoms with Crippen LogP contribution < -0.4 is 4.74 Å². The zero-order valence-electron chi connectivity index (χ0n) is 13.4. The summed E-state index contributed by atoms with van der Waals surface area (Å²) in [5, 5.41) is 0. The summed E-state index contributed by atoms with van der Waals surface area (Å²) in [6.45, 7) is 6.79. The lowest BCUT2D eigenvalue weighted by molar-refractivity contribution is 0.414. The number of rotatable bonds is 7. The topological polar surface area (TPSA) is 27.1 Å². The first kappa shape index (κ1) is 16.2. The highest BCUT2D eigenvalue weighted by molar-refractivity contribution is 6.16. The molecule has 1 unspecified atom stereocenters. The number of methoxy groups -OCH3 is 1. The molecule has 0 aliphatic heterocycles. The molecule has 1 aromatic carbocycles. The van der Waals surface area contributed by atoms with E-state index in [2.05, 4.69) is 36.4 Å². The van der Waals surface area contributed by atoms with Gasteiger partial charge < -0.3 is 9.30 Å². The van der Waals surface area contributed by atoms with Crippen LogP contribution in [0.2, 0.25) is 0 Å². The quantitative estimate of drug-likeness (QED) is 0.660. The van der Waals surface area contributed by atoms with Gasteiger partial charge in [-0.2, -0.15) is 0 Å². The van der Waals surface area contributed by atoms with Gasteiger partial charge >= 0.3 is 0 Å². The third-order valence-electron chi connectivity index (χ3n) is 3.93. The molecule has 0 spiro atoms. The maximum Gasteiger partial charge on any atom is 0.125 e. The van der Waals surface area contributed by atoms with E-state index in [9.17, 15) is 0 Å². The second-order valence-corrected chi connectivity index (χ2v) is 6.33. The maximum absolute atomic E-state index is 6.09. The lowest BCUT2D eigenvalue weighted by Gasteiger charge is -2.17.